The first-order valence-corrected chi connectivity index (χ1v) is 4.82. The van der Waals surface area contributed by atoms with E-state index in [4.69, 9.17) is 9.84 Å². The Labute approximate surface area is 95.9 Å². The molecule has 0 spiro atoms. The number of nitrogens with one attached hydrogen (secondary N) is 2. The zero-order valence-electron chi connectivity index (χ0n) is 8.98. The van der Waals surface area contributed by atoms with Crippen molar-refractivity contribution < 1.29 is 14.6 Å². The summed E-state index contributed by atoms with van der Waals surface area (Å²) in [6, 6.07) is 6.85. The number of aromatic amines is 2. The van der Waals surface area contributed by atoms with Crippen molar-refractivity contribution in [2.24, 2.45) is 0 Å². The second-order valence-corrected chi connectivity index (χ2v) is 3.33. The van der Waals surface area contributed by atoms with Crippen molar-refractivity contribution in [3.05, 3.63) is 40.4 Å². The summed E-state index contributed by atoms with van der Waals surface area (Å²) in [6.07, 6.45) is 0. The Hall–Kier alpha value is -2.50. The van der Waals surface area contributed by atoms with Gasteiger partial charge >= 0.3 is 11.7 Å². The van der Waals surface area contributed by atoms with Gasteiger partial charge in [-0.2, -0.15) is 0 Å². The molecule has 0 bridgehead atoms. The third kappa shape index (κ3) is 1.92. The van der Waals surface area contributed by atoms with Gasteiger partial charge in [-0.25, -0.2) is 9.59 Å². The van der Waals surface area contributed by atoms with Gasteiger partial charge in [0, 0.05) is 5.56 Å². The maximum atomic E-state index is 11.2. The van der Waals surface area contributed by atoms with Crippen LogP contribution in [0.5, 0.6) is 5.75 Å². The number of imidazole rings is 1. The fourth-order valence-corrected chi connectivity index (χ4v) is 1.60. The monoisotopic (exact) mass is 234 g/mol. The lowest BCUT2D eigenvalue weighted by Gasteiger charge is -2.06. The first-order chi connectivity index (χ1) is 8.13. The molecule has 0 saturated carbocycles. The van der Waals surface area contributed by atoms with Crippen LogP contribution in [-0.2, 0) is 0 Å². The van der Waals surface area contributed by atoms with Crippen molar-refractivity contribution in [3.63, 3.8) is 0 Å². The topological polar surface area (TPSA) is 95.2 Å². The number of para-hydroxylation sites is 1. The van der Waals surface area contributed by atoms with E-state index in [9.17, 15) is 9.59 Å². The largest absolute Gasteiger partial charge is 0.496 e. The van der Waals surface area contributed by atoms with Crippen molar-refractivity contribution >= 4 is 5.97 Å². The highest BCUT2D eigenvalue weighted by molar-refractivity contribution is 5.93. The maximum absolute atomic E-state index is 11.2. The van der Waals surface area contributed by atoms with Crippen molar-refractivity contribution in [1.82, 2.24) is 9.97 Å². The van der Waals surface area contributed by atoms with Crippen molar-refractivity contribution in [3.8, 4) is 17.0 Å². The molecule has 1 aromatic carbocycles. The minimum absolute atomic E-state index is 0.181. The highest BCUT2D eigenvalue weighted by atomic mass is 16.5. The molecule has 17 heavy (non-hydrogen) atoms. The number of aromatic carboxylic acids is 1. The van der Waals surface area contributed by atoms with Gasteiger partial charge in [-0.15, -0.1) is 0 Å². The van der Waals surface area contributed by atoms with E-state index in [-0.39, 0.29) is 11.4 Å². The molecule has 0 aliphatic rings. The molecule has 0 amide bonds. The highest BCUT2D eigenvalue weighted by Gasteiger charge is 2.18. The van der Waals surface area contributed by atoms with Crippen LogP contribution in [0.25, 0.3) is 11.3 Å². The molecular weight excluding hydrogens is 224 g/mol. The molecule has 0 radical (unpaired) electrons. The molecule has 2 rings (SSSR count). The summed E-state index contributed by atoms with van der Waals surface area (Å²) in [4.78, 5) is 26.8. The van der Waals surface area contributed by atoms with Crippen LogP contribution in [0.2, 0.25) is 0 Å². The molecule has 1 heterocycles. The molecule has 0 aliphatic heterocycles. The van der Waals surface area contributed by atoms with Gasteiger partial charge in [-0.1, -0.05) is 12.1 Å². The van der Waals surface area contributed by atoms with Crippen LogP contribution < -0.4 is 10.4 Å². The summed E-state index contributed by atoms with van der Waals surface area (Å²) >= 11 is 0. The van der Waals surface area contributed by atoms with E-state index in [2.05, 4.69) is 9.97 Å². The van der Waals surface area contributed by atoms with Crippen molar-refractivity contribution in [1.29, 1.82) is 0 Å². The van der Waals surface area contributed by atoms with Gasteiger partial charge in [0.25, 0.3) is 0 Å². The van der Waals surface area contributed by atoms with Crippen LogP contribution >= 0.6 is 0 Å². The SMILES string of the molecule is COc1ccccc1-c1[nH]c(=O)[nH]c1C(=O)O. The lowest BCUT2D eigenvalue weighted by atomic mass is 10.1. The molecule has 6 heteroatoms. The zero-order valence-corrected chi connectivity index (χ0v) is 8.98. The lowest BCUT2D eigenvalue weighted by molar-refractivity contribution is 0.0692. The number of carboxylic acids is 1. The summed E-state index contributed by atoms with van der Waals surface area (Å²) in [5.74, 6) is -0.713. The van der Waals surface area contributed by atoms with Crippen LogP contribution in [-0.4, -0.2) is 28.2 Å². The second-order valence-electron chi connectivity index (χ2n) is 3.33. The zero-order chi connectivity index (χ0) is 12.4. The third-order valence-corrected chi connectivity index (χ3v) is 2.32. The minimum Gasteiger partial charge on any atom is -0.496 e. The van der Waals surface area contributed by atoms with Gasteiger partial charge in [0.1, 0.15) is 5.75 Å². The Bertz CT molecular complexity index is 612. The number of rotatable bonds is 3. The molecule has 0 aliphatic carbocycles. The first-order valence-electron chi connectivity index (χ1n) is 4.82. The fraction of sp³-hybridized carbons (Fsp3) is 0.0909. The fourth-order valence-electron chi connectivity index (χ4n) is 1.60. The van der Waals surface area contributed by atoms with E-state index in [1.807, 2.05) is 0 Å². The van der Waals surface area contributed by atoms with Crippen LogP contribution in [0.4, 0.5) is 0 Å². The number of carboxylic acid groups (broad SMARTS) is 1. The quantitative estimate of drug-likeness (QED) is 0.740. The first kappa shape index (κ1) is 11.0. The van der Waals surface area contributed by atoms with Crippen LogP contribution in [0.1, 0.15) is 10.5 Å². The summed E-state index contributed by atoms with van der Waals surface area (Å²) < 4.78 is 5.11. The summed E-state index contributed by atoms with van der Waals surface area (Å²) in [5.41, 5.74) is -0.0199. The van der Waals surface area contributed by atoms with Gasteiger partial charge in [0.05, 0.1) is 12.8 Å². The predicted octanol–water partition coefficient (Wildman–Crippen LogP) is 1.08. The Balaban J connectivity index is 2.68. The van der Waals surface area contributed by atoms with E-state index in [0.717, 1.165) is 0 Å². The Morgan fingerprint density at radius 3 is 2.65 bits per heavy atom. The predicted molar refractivity (Wildman–Crippen MR) is 60.4 cm³/mol. The highest BCUT2D eigenvalue weighted by Crippen LogP contribution is 2.29. The Morgan fingerprint density at radius 2 is 2.00 bits per heavy atom. The summed E-state index contributed by atoms with van der Waals surface area (Å²) in [5, 5.41) is 8.97. The molecule has 3 N–H and O–H groups in total. The molecule has 1 aromatic heterocycles. The van der Waals surface area contributed by atoms with Gasteiger partial charge < -0.3 is 14.8 Å². The smallest absolute Gasteiger partial charge is 0.354 e. The number of methoxy groups -OCH3 is 1. The van der Waals surface area contributed by atoms with E-state index >= 15 is 0 Å². The van der Waals surface area contributed by atoms with Crippen LogP contribution in [0.15, 0.2) is 29.1 Å². The van der Waals surface area contributed by atoms with Gasteiger partial charge in [0.2, 0.25) is 0 Å². The number of benzene rings is 1. The number of aromatic nitrogens is 2. The summed E-state index contributed by atoms with van der Waals surface area (Å²) in [7, 11) is 1.48. The number of hydrogen-bond acceptors (Lipinski definition) is 3. The van der Waals surface area contributed by atoms with Crippen molar-refractivity contribution in [2.45, 2.75) is 0 Å². The van der Waals surface area contributed by atoms with Gasteiger partial charge in [0.15, 0.2) is 5.69 Å². The van der Waals surface area contributed by atoms with Crippen LogP contribution in [0.3, 0.4) is 0 Å². The van der Waals surface area contributed by atoms with Gasteiger partial charge in [-0.3, -0.25) is 4.98 Å². The average molecular weight is 234 g/mol. The summed E-state index contributed by atoms with van der Waals surface area (Å²) in [6.45, 7) is 0. The average Bonchev–Trinajstić information content (AvgIpc) is 2.71. The third-order valence-electron chi connectivity index (χ3n) is 2.32. The van der Waals surface area contributed by atoms with E-state index in [1.165, 1.54) is 7.11 Å². The van der Waals surface area contributed by atoms with Crippen LogP contribution in [0, 0.1) is 0 Å². The normalized spacial score (nSPS) is 10.2. The molecule has 0 unspecified atom stereocenters. The van der Waals surface area contributed by atoms with E-state index in [1.54, 1.807) is 24.3 Å². The molecule has 0 saturated heterocycles. The maximum Gasteiger partial charge on any atom is 0.354 e. The number of carbonyl (C=O) groups is 1. The van der Waals surface area contributed by atoms with E-state index in [0.29, 0.717) is 11.3 Å². The standard InChI is InChI=1S/C11H10N2O4/c1-17-7-5-3-2-4-6(7)8-9(10(14)15)13-11(16)12-8/h2-5H,1H3,(H,14,15)(H2,12,13,16). The minimum atomic E-state index is -1.20. The van der Waals surface area contributed by atoms with Crippen molar-refractivity contribution in [2.75, 3.05) is 7.11 Å². The van der Waals surface area contributed by atoms with E-state index < -0.39 is 11.7 Å². The molecule has 2 aromatic rings. The lowest BCUT2D eigenvalue weighted by Crippen LogP contribution is -2.04. The molecule has 0 atom stereocenters. The second kappa shape index (κ2) is 4.17. The Morgan fingerprint density at radius 1 is 1.29 bits per heavy atom. The molecule has 6 nitrogen and oxygen atoms in total. The number of hydrogen-bond donors (Lipinski definition) is 3. The molecule has 88 valence electrons. The van der Waals surface area contributed by atoms with Gasteiger partial charge in [-0.05, 0) is 12.1 Å². The Kier molecular flexibility index (Phi) is 2.70. The molecule has 0 fully saturated rings. The molecular formula is C11H10N2O4. The number of H-pyrrole nitrogens is 2. The number of ether oxygens (including phenoxy) is 1.